The predicted octanol–water partition coefficient (Wildman–Crippen LogP) is 2.54. The van der Waals surface area contributed by atoms with Crippen LogP contribution in [0, 0.1) is 6.92 Å². The summed E-state index contributed by atoms with van der Waals surface area (Å²) in [5.74, 6) is 0.673. The number of amides is 2. The van der Waals surface area contributed by atoms with E-state index in [1.165, 1.54) is 0 Å². The Balaban J connectivity index is 2.69. The Morgan fingerprint density at radius 1 is 1.44 bits per heavy atom. The number of urea groups is 1. The minimum absolute atomic E-state index is 0.205. The van der Waals surface area contributed by atoms with E-state index >= 15 is 0 Å². The molecule has 0 spiro atoms. The number of rotatable bonds is 4. The molecule has 2 amide bonds. The minimum Gasteiger partial charge on any atom is -0.495 e. The summed E-state index contributed by atoms with van der Waals surface area (Å²) in [4.78, 5) is 11.4. The number of anilines is 1. The summed E-state index contributed by atoms with van der Waals surface area (Å²) in [6.07, 6.45) is 0.915. The zero-order chi connectivity index (χ0) is 12.0. The molecule has 0 aliphatic heterocycles. The van der Waals surface area contributed by atoms with Crippen LogP contribution in [0.2, 0.25) is 0 Å². The van der Waals surface area contributed by atoms with Gasteiger partial charge in [0.1, 0.15) is 5.75 Å². The number of carbonyl (C=O) groups is 1. The Hall–Kier alpha value is -1.71. The summed E-state index contributed by atoms with van der Waals surface area (Å²) >= 11 is 0. The van der Waals surface area contributed by atoms with Gasteiger partial charge in [0.15, 0.2) is 0 Å². The molecule has 0 unspecified atom stereocenters. The van der Waals surface area contributed by atoms with Gasteiger partial charge in [-0.3, -0.25) is 0 Å². The van der Waals surface area contributed by atoms with Gasteiger partial charge in [-0.05, 0) is 31.0 Å². The number of ether oxygens (including phenoxy) is 1. The second kappa shape index (κ2) is 6.00. The van der Waals surface area contributed by atoms with Crippen molar-refractivity contribution >= 4 is 11.7 Å². The van der Waals surface area contributed by atoms with Gasteiger partial charge in [-0.25, -0.2) is 4.79 Å². The quantitative estimate of drug-likeness (QED) is 0.822. The largest absolute Gasteiger partial charge is 0.495 e. The summed E-state index contributed by atoms with van der Waals surface area (Å²) in [6.45, 7) is 4.65. The molecular weight excluding hydrogens is 204 g/mol. The van der Waals surface area contributed by atoms with Crippen molar-refractivity contribution in [2.75, 3.05) is 19.0 Å². The Labute approximate surface area is 96.0 Å². The zero-order valence-electron chi connectivity index (χ0n) is 9.96. The molecule has 1 aromatic carbocycles. The number of methoxy groups -OCH3 is 1. The number of benzene rings is 1. The van der Waals surface area contributed by atoms with Gasteiger partial charge in [0, 0.05) is 6.54 Å². The van der Waals surface area contributed by atoms with Crippen molar-refractivity contribution in [1.82, 2.24) is 5.32 Å². The van der Waals surface area contributed by atoms with Crippen molar-refractivity contribution in [1.29, 1.82) is 0 Å². The van der Waals surface area contributed by atoms with E-state index in [2.05, 4.69) is 10.6 Å². The summed E-state index contributed by atoms with van der Waals surface area (Å²) in [5.41, 5.74) is 1.78. The molecule has 1 rings (SSSR count). The van der Waals surface area contributed by atoms with E-state index in [4.69, 9.17) is 4.74 Å². The molecule has 0 aliphatic rings. The van der Waals surface area contributed by atoms with Crippen molar-refractivity contribution in [2.24, 2.45) is 0 Å². The summed E-state index contributed by atoms with van der Waals surface area (Å²) < 4.78 is 5.19. The third-order valence-electron chi connectivity index (χ3n) is 2.14. The third kappa shape index (κ3) is 3.46. The van der Waals surface area contributed by atoms with Crippen molar-refractivity contribution < 1.29 is 9.53 Å². The maximum atomic E-state index is 11.4. The number of hydrogen-bond acceptors (Lipinski definition) is 2. The van der Waals surface area contributed by atoms with E-state index in [-0.39, 0.29) is 6.03 Å². The zero-order valence-corrected chi connectivity index (χ0v) is 9.96. The van der Waals surface area contributed by atoms with Crippen LogP contribution in [0.3, 0.4) is 0 Å². The lowest BCUT2D eigenvalue weighted by Crippen LogP contribution is -2.29. The molecule has 0 fully saturated rings. The molecule has 1 aromatic rings. The predicted molar refractivity (Wildman–Crippen MR) is 65.0 cm³/mol. The Kier molecular flexibility index (Phi) is 4.64. The fraction of sp³-hybridized carbons (Fsp3) is 0.417. The SMILES string of the molecule is CCCNC(=O)Nc1ccc(C)cc1OC. The maximum absolute atomic E-state index is 11.4. The van der Waals surface area contributed by atoms with Crippen LogP contribution >= 0.6 is 0 Å². The first-order valence-electron chi connectivity index (χ1n) is 5.37. The van der Waals surface area contributed by atoms with Crippen LogP contribution in [0.1, 0.15) is 18.9 Å². The lowest BCUT2D eigenvalue weighted by Gasteiger charge is -2.11. The first kappa shape index (κ1) is 12.4. The van der Waals surface area contributed by atoms with Gasteiger partial charge in [0.2, 0.25) is 0 Å². The van der Waals surface area contributed by atoms with Gasteiger partial charge in [-0.2, -0.15) is 0 Å². The Morgan fingerprint density at radius 3 is 2.81 bits per heavy atom. The van der Waals surface area contributed by atoms with Gasteiger partial charge in [0.05, 0.1) is 12.8 Å². The summed E-state index contributed by atoms with van der Waals surface area (Å²) in [5, 5.41) is 5.49. The van der Waals surface area contributed by atoms with Crippen LogP contribution in [-0.4, -0.2) is 19.7 Å². The molecule has 0 bridgehead atoms. The van der Waals surface area contributed by atoms with Gasteiger partial charge in [0.25, 0.3) is 0 Å². The van der Waals surface area contributed by atoms with Crippen LogP contribution in [0.15, 0.2) is 18.2 Å². The smallest absolute Gasteiger partial charge is 0.319 e. The normalized spacial score (nSPS) is 9.69. The molecule has 4 heteroatoms. The molecule has 16 heavy (non-hydrogen) atoms. The lowest BCUT2D eigenvalue weighted by molar-refractivity contribution is 0.252. The molecule has 0 saturated heterocycles. The van der Waals surface area contributed by atoms with Crippen molar-refractivity contribution in [3.05, 3.63) is 23.8 Å². The van der Waals surface area contributed by atoms with Gasteiger partial charge in [-0.1, -0.05) is 13.0 Å². The highest BCUT2D eigenvalue weighted by atomic mass is 16.5. The number of hydrogen-bond donors (Lipinski definition) is 2. The van der Waals surface area contributed by atoms with Gasteiger partial charge in [-0.15, -0.1) is 0 Å². The maximum Gasteiger partial charge on any atom is 0.319 e. The van der Waals surface area contributed by atoms with Crippen LogP contribution in [0.4, 0.5) is 10.5 Å². The molecule has 0 radical (unpaired) electrons. The third-order valence-corrected chi connectivity index (χ3v) is 2.14. The average Bonchev–Trinajstić information content (AvgIpc) is 2.28. The first-order valence-corrected chi connectivity index (χ1v) is 5.37. The highest BCUT2D eigenvalue weighted by Crippen LogP contribution is 2.24. The molecule has 0 aliphatic carbocycles. The number of nitrogens with one attached hydrogen (secondary N) is 2. The molecule has 0 heterocycles. The fourth-order valence-corrected chi connectivity index (χ4v) is 1.31. The molecular formula is C12H18N2O2. The second-order valence-electron chi connectivity index (χ2n) is 3.58. The van der Waals surface area contributed by atoms with Crippen LogP contribution in [-0.2, 0) is 0 Å². The first-order chi connectivity index (χ1) is 7.67. The minimum atomic E-state index is -0.205. The molecule has 2 N–H and O–H groups in total. The fourth-order valence-electron chi connectivity index (χ4n) is 1.31. The topological polar surface area (TPSA) is 50.4 Å². The van der Waals surface area contributed by atoms with E-state index in [0.29, 0.717) is 18.0 Å². The van der Waals surface area contributed by atoms with Crippen molar-refractivity contribution in [3.8, 4) is 5.75 Å². The van der Waals surface area contributed by atoms with Gasteiger partial charge < -0.3 is 15.4 Å². The second-order valence-corrected chi connectivity index (χ2v) is 3.58. The molecule has 0 saturated carbocycles. The number of carbonyl (C=O) groups excluding carboxylic acids is 1. The molecule has 88 valence electrons. The monoisotopic (exact) mass is 222 g/mol. The lowest BCUT2D eigenvalue weighted by atomic mass is 10.2. The van der Waals surface area contributed by atoms with Crippen molar-refractivity contribution in [3.63, 3.8) is 0 Å². The van der Waals surface area contributed by atoms with E-state index in [9.17, 15) is 4.79 Å². The standard InChI is InChI=1S/C12H18N2O2/c1-4-7-13-12(15)14-10-6-5-9(2)8-11(10)16-3/h5-6,8H,4,7H2,1-3H3,(H2,13,14,15). The van der Waals surface area contributed by atoms with Crippen molar-refractivity contribution in [2.45, 2.75) is 20.3 Å². The van der Waals surface area contributed by atoms with E-state index in [0.717, 1.165) is 12.0 Å². The Morgan fingerprint density at radius 2 is 2.19 bits per heavy atom. The highest BCUT2D eigenvalue weighted by molar-refractivity contribution is 5.90. The van der Waals surface area contributed by atoms with Crippen LogP contribution in [0.25, 0.3) is 0 Å². The van der Waals surface area contributed by atoms with Crippen LogP contribution < -0.4 is 15.4 Å². The summed E-state index contributed by atoms with van der Waals surface area (Å²) in [7, 11) is 1.59. The Bertz CT molecular complexity index is 364. The summed E-state index contributed by atoms with van der Waals surface area (Å²) in [6, 6.07) is 5.44. The van der Waals surface area contributed by atoms with E-state index in [1.807, 2.05) is 32.0 Å². The number of aryl methyl sites for hydroxylation is 1. The molecule has 0 atom stereocenters. The van der Waals surface area contributed by atoms with Gasteiger partial charge >= 0.3 is 6.03 Å². The van der Waals surface area contributed by atoms with E-state index < -0.39 is 0 Å². The molecule has 0 aromatic heterocycles. The average molecular weight is 222 g/mol. The molecule has 4 nitrogen and oxygen atoms in total. The van der Waals surface area contributed by atoms with Crippen LogP contribution in [0.5, 0.6) is 5.75 Å². The highest BCUT2D eigenvalue weighted by Gasteiger charge is 2.06. The van der Waals surface area contributed by atoms with E-state index in [1.54, 1.807) is 7.11 Å².